The molecule has 0 aliphatic heterocycles. The summed E-state index contributed by atoms with van der Waals surface area (Å²) in [5.74, 6) is -0.494. The van der Waals surface area contributed by atoms with Crippen LogP contribution in [0.5, 0.6) is 0 Å². The first kappa shape index (κ1) is 13.5. The predicted molar refractivity (Wildman–Crippen MR) is 77.5 cm³/mol. The molecule has 0 radical (unpaired) electrons. The quantitative estimate of drug-likeness (QED) is 0.791. The minimum Gasteiger partial charge on any atom is -0.306 e. The summed E-state index contributed by atoms with van der Waals surface area (Å²) in [6.45, 7) is 0. The van der Waals surface area contributed by atoms with Gasteiger partial charge in [-0.15, -0.1) is 0 Å². The van der Waals surface area contributed by atoms with Crippen LogP contribution in [0.3, 0.4) is 0 Å². The Hall–Kier alpha value is -2.47. The fourth-order valence-corrected chi connectivity index (χ4v) is 2.15. The normalized spacial score (nSPS) is 10.8. The Bertz CT molecular complexity index is 871. The second-order valence-corrected chi connectivity index (χ2v) is 4.89. The van der Waals surface area contributed by atoms with Gasteiger partial charge in [0.05, 0.1) is 22.5 Å². The van der Waals surface area contributed by atoms with Crippen molar-refractivity contribution in [2.45, 2.75) is 0 Å². The average molecular weight is 305 g/mol. The van der Waals surface area contributed by atoms with Crippen LogP contribution in [0.15, 0.2) is 41.5 Å². The Morgan fingerprint density at radius 3 is 2.90 bits per heavy atom. The Morgan fingerprint density at radius 2 is 2.19 bits per heavy atom. The molecular formula is C14H10ClFN4O. The molecule has 1 N–H and O–H groups in total. The molecule has 106 valence electrons. The zero-order chi connectivity index (χ0) is 15.0. The van der Waals surface area contributed by atoms with Crippen molar-refractivity contribution < 1.29 is 4.39 Å². The number of H-pyrrole nitrogens is 1. The molecule has 0 unspecified atom stereocenters. The monoisotopic (exact) mass is 304 g/mol. The highest BCUT2D eigenvalue weighted by Gasteiger charge is 2.13. The van der Waals surface area contributed by atoms with Crippen molar-refractivity contribution in [3.63, 3.8) is 0 Å². The van der Waals surface area contributed by atoms with Gasteiger partial charge in [-0.25, -0.2) is 9.37 Å². The zero-order valence-electron chi connectivity index (χ0n) is 11.0. The van der Waals surface area contributed by atoms with E-state index in [9.17, 15) is 9.18 Å². The van der Waals surface area contributed by atoms with Crippen molar-refractivity contribution in [3.05, 3.63) is 57.9 Å². The minimum atomic E-state index is -0.620. The van der Waals surface area contributed by atoms with Crippen LogP contribution in [0.2, 0.25) is 5.02 Å². The molecule has 7 heteroatoms. The summed E-state index contributed by atoms with van der Waals surface area (Å²) in [5, 5.41) is 4.00. The van der Waals surface area contributed by atoms with Crippen LogP contribution in [0, 0.1) is 5.82 Å². The van der Waals surface area contributed by atoms with Gasteiger partial charge in [0.2, 0.25) is 0 Å². The summed E-state index contributed by atoms with van der Waals surface area (Å²) < 4.78 is 15.6. The lowest BCUT2D eigenvalue weighted by molar-refractivity contribution is 0.630. The van der Waals surface area contributed by atoms with Crippen LogP contribution in [-0.2, 0) is 7.05 Å². The Morgan fingerprint density at radius 1 is 1.38 bits per heavy atom. The van der Waals surface area contributed by atoms with Crippen LogP contribution in [0.25, 0.3) is 22.6 Å². The fraction of sp³-hybridized carbons (Fsp3) is 0.0714. The topological polar surface area (TPSA) is 63.6 Å². The van der Waals surface area contributed by atoms with Crippen molar-refractivity contribution >= 4 is 11.6 Å². The van der Waals surface area contributed by atoms with Gasteiger partial charge in [-0.1, -0.05) is 17.7 Å². The Balaban J connectivity index is 2.18. The van der Waals surface area contributed by atoms with Gasteiger partial charge in [0.15, 0.2) is 5.82 Å². The third kappa shape index (κ3) is 2.57. The summed E-state index contributed by atoms with van der Waals surface area (Å²) in [4.78, 5) is 18.6. The molecule has 3 rings (SSSR count). The van der Waals surface area contributed by atoms with Gasteiger partial charge in [0, 0.05) is 24.9 Å². The molecule has 3 aromatic rings. The van der Waals surface area contributed by atoms with Crippen LogP contribution >= 0.6 is 11.6 Å². The van der Waals surface area contributed by atoms with E-state index in [2.05, 4.69) is 15.1 Å². The molecule has 0 fully saturated rings. The van der Waals surface area contributed by atoms with Gasteiger partial charge < -0.3 is 4.98 Å². The van der Waals surface area contributed by atoms with E-state index in [1.54, 1.807) is 30.2 Å². The van der Waals surface area contributed by atoms with E-state index in [4.69, 9.17) is 11.6 Å². The van der Waals surface area contributed by atoms with Crippen molar-refractivity contribution in [1.29, 1.82) is 0 Å². The summed E-state index contributed by atoms with van der Waals surface area (Å²) in [5.41, 5.74) is 0.858. The molecule has 5 nitrogen and oxygen atoms in total. The summed E-state index contributed by atoms with van der Waals surface area (Å²) in [6, 6.07) is 5.87. The molecule has 0 aliphatic carbocycles. The number of hydrogen-bond donors (Lipinski definition) is 1. The third-order valence-electron chi connectivity index (χ3n) is 2.95. The maximum absolute atomic E-state index is 14.0. The van der Waals surface area contributed by atoms with Crippen LogP contribution in [-0.4, -0.2) is 19.7 Å². The number of rotatable bonds is 2. The third-order valence-corrected chi connectivity index (χ3v) is 3.24. The summed E-state index contributed by atoms with van der Waals surface area (Å²) in [6.07, 6.45) is 3.31. The van der Waals surface area contributed by atoms with Gasteiger partial charge in [0.25, 0.3) is 5.56 Å². The summed E-state index contributed by atoms with van der Waals surface area (Å²) in [7, 11) is 1.76. The highest BCUT2D eigenvalue weighted by Crippen LogP contribution is 2.25. The molecule has 21 heavy (non-hydrogen) atoms. The molecule has 0 amide bonds. The standard InChI is InChI=1S/C14H10ClFN4O/c1-20-7-8(6-17-20)11-5-12(21)19-14(18-11)9-3-2-4-10(15)13(9)16/h2-7H,1H3,(H,18,19,21). The lowest BCUT2D eigenvalue weighted by Gasteiger charge is -2.05. The smallest absolute Gasteiger partial charge is 0.251 e. The van der Waals surface area contributed by atoms with E-state index in [1.165, 1.54) is 18.2 Å². The first-order chi connectivity index (χ1) is 10.0. The average Bonchev–Trinajstić information content (AvgIpc) is 2.88. The maximum atomic E-state index is 14.0. The molecule has 0 atom stereocenters. The second-order valence-electron chi connectivity index (χ2n) is 4.48. The fourth-order valence-electron chi connectivity index (χ4n) is 1.97. The van der Waals surface area contributed by atoms with Crippen molar-refractivity contribution in [1.82, 2.24) is 19.7 Å². The van der Waals surface area contributed by atoms with E-state index < -0.39 is 5.82 Å². The van der Waals surface area contributed by atoms with E-state index in [1.807, 2.05) is 0 Å². The minimum absolute atomic E-state index is 0.0260. The highest BCUT2D eigenvalue weighted by molar-refractivity contribution is 6.31. The molecular weight excluding hydrogens is 295 g/mol. The lowest BCUT2D eigenvalue weighted by atomic mass is 10.2. The molecule has 0 spiro atoms. The number of hydrogen-bond acceptors (Lipinski definition) is 3. The number of halogens is 2. The summed E-state index contributed by atoms with van der Waals surface area (Å²) >= 11 is 5.76. The SMILES string of the molecule is Cn1cc(-c2cc(=O)[nH]c(-c3cccc(Cl)c3F)n2)cn1. The van der Waals surface area contributed by atoms with Gasteiger partial charge >= 0.3 is 0 Å². The molecule has 0 aliphatic rings. The van der Waals surface area contributed by atoms with Crippen LogP contribution < -0.4 is 5.56 Å². The van der Waals surface area contributed by atoms with Crippen molar-refractivity contribution in [3.8, 4) is 22.6 Å². The second kappa shape index (κ2) is 5.14. The molecule has 2 heterocycles. The van der Waals surface area contributed by atoms with E-state index in [-0.39, 0.29) is 22.0 Å². The Kier molecular flexibility index (Phi) is 3.31. The molecule has 0 saturated heterocycles. The van der Waals surface area contributed by atoms with Crippen LogP contribution in [0.1, 0.15) is 0 Å². The van der Waals surface area contributed by atoms with Gasteiger partial charge in [-0.05, 0) is 12.1 Å². The van der Waals surface area contributed by atoms with Gasteiger partial charge in [-0.2, -0.15) is 5.10 Å². The first-order valence-corrected chi connectivity index (χ1v) is 6.47. The molecule has 2 aromatic heterocycles. The lowest BCUT2D eigenvalue weighted by Crippen LogP contribution is -2.09. The number of nitrogens with one attached hydrogen (secondary N) is 1. The number of nitrogens with zero attached hydrogens (tertiary/aromatic N) is 3. The molecule has 0 saturated carbocycles. The largest absolute Gasteiger partial charge is 0.306 e. The predicted octanol–water partition coefficient (Wildman–Crippen LogP) is 2.63. The number of aromatic amines is 1. The first-order valence-electron chi connectivity index (χ1n) is 6.09. The van der Waals surface area contributed by atoms with E-state index in [0.29, 0.717) is 11.3 Å². The molecule has 0 bridgehead atoms. The number of aromatic nitrogens is 4. The Labute approximate surface area is 124 Å². The maximum Gasteiger partial charge on any atom is 0.251 e. The molecule has 1 aromatic carbocycles. The number of aryl methyl sites for hydroxylation is 1. The van der Waals surface area contributed by atoms with Gasteiger partial charge in [-0.3, -0.25) is 9.48 Å². The van der Waals surface area contributed by atoms with Gasteiger partial charge in [0.1, 0.15) is 5.82 Å². The zero-order valence-corrected chi connectivity index (χ0v) is 11.7. The van der Waals surface area contributed by atoms with Crippen LogP contribution in [0.4, 0.5) is 4.39 Å². The van der Waals surface area contributed by atoms with Crippen molar-refractivity contribution in [2.24, 2.45) is 7.05 Å². The van der Waals surface area contributed by atoms with E-state index in [0.717, 1.165) is 0 Å². The number of benzene rings is 1. The van der Waals surface area contributed by atoms with E-state index >= 15 is 0 Å². The van der Waals surface area contributed by atoms with Crippen molar-refractivity contribution in [2.75, 3.05) is 0 Å². The highest BCUT2D eigenvalue weighted by atomic mass is 35.5.